The zero-order valence-electron chi connectivity index (χ0n) is 15.9. The van der Waals surface area contributed by atoms with Crippen molar-refractivity contribution in [2.45, 2.75) is 47.5 Å². The first-order chi connectivity index (χ1) is 11.4. The molecule has 0 saturated heterocycles. The number of carbonyl (C=O) groups is 1. The van der Waals surface area contributed by atoms with Gasteiger partial charge < -0.3 is 16.0 Å². The van der Waals surface area contributed by atoms with Gasteiger partial charge in [0.2, 0.25) is 5.91 Å². The molecule has 3 N–H and O–H groups in total. The summed E-state index contributed by atoms with van der Waals surface area (Å²) >= 11 is 1.76. The fourth-order valence-corrected chi connectivity index (χ4v) is 2.87. The van der Waals surface area contributed by atoms with Gasteiger partial charge in [-0.3, -0.25) is 9.79 Å². The fraction of sp³-hybridized carbons (Fsp3) is 0.706. The number of aromatic nitrogens is 1. The Kier molecular flexibility index (Phi) is 12.0. The highest BCUT2D eigenvalue weighted by Gasteiger charge is 2.26. The molecule has 1 amide bonds. The Morgan fingerprint density at radius 2 is 1.88 bits per heavy atom. The van der Waals surface area contributed by atoms with Crippen molar-refractivity contribution in [1.29, 1.82) is 0 Å². The molecule has 0 unspecified atom stereocenters. The smallest absolute Gasteiger partial charge is 0.227 e. The summed E-state index contributed by atoms with van der Waals surface area (Å²) in [5, 5.41) is 10.5. The first-order valence-corrected chi connectivity index (χ1v) is 9.48. The Morgan fingerprint density at radius 3 is 2.44 bits per heavy atom. The van der Waals surface area contributed by atoms with E-state index in [1.165, 1.54) is 4.88 Å². The second-order valence-electron chi connectivity index (χ2n) is 6.19. The molecule has 0 atom stereocenters. The lowest BCUT2D eigenvalue weighted by Crippen LogP contribution is -2.42. The standard InChI is InChI=1S/C17H31N5OS.HI/c1-6-13-11-21-14(24-13)9-10-20-16(19-8-3)22-12-17(4,5)15(23)18-7-2;/h11H,6-10,12H2,1-5H3,(H,18,23)(H2,19,20,22);1H. The van der Waals surface area contributed by atoms with Gasteiger partial charge in [0.15, 0.2) is 5.96 Å². The zero-order valence-corrected chi connectivity index (χ0v) is 19.1. The van der Waals surface area contributed by atoms with E-state index in [0.717, 1.165) is 36.9 Å². The van der Waals surface area contributed by atoms with E-state index in [-0.39, 0.29) is 29.9 Å². The number of thiazole rings is 1. The lowest BCUT2D eigenvalue weighted by molar-refractivity contribution is -0.128. The maximum absolute atomic E-state index is 12.0. The van der Waals surface area contributed by atoms with E-state index in [1.807, 2.05) is 33.9 Å². The summed E-state index contributed by atoms with van der Waals surface area (Å²) in [5.74, 6) is 0.765. The third-order valence-corrected chi connectivity index (χ3v) is 4.71. The summed E-state index contributed by atoms with van der Waals surface area (Å²) in [6.07, 6.45) is 3.85. The van der Waals surface area contributed by atoms with Gasteiger partial charge in [-0.05, 0) is 34.1 Å². The number of nitrogens with one attached hydrogen (secondary N) is 3. The molecule has 0 aliphatic carbocycles. The predicted octanol–water partition coefficient (Wildman–Crippen LogP) is 2.58. The highest BCUT2D eigenvalue weighted by molar-refractivity contribution is 14.0. The third kappa shape index (κ3) is 8.84. The molecule has 0 aromatic carbocycles. The number of halogens is 1. The average molecular weight is 481 g/mol. The number of rotatable bonds is 9. The molecule has 0 saturated carbocycles. The van der Waals surface area contributed by atoms with Crippen molar-refractivity contribution < 1.29 is 4.79 Å². The number of amides is 1. The first-order valence-electron chi connectivity index (χ1n) is 8.67. The van der Waals surface area contributed by atoms with Crippen LogP contribution in [0.1, 0.15) is 44.5 Å². The lowest BCUT2D eigenvalue weighted by Gasteiger charge is -2.22. The molecule has 8 heteroatoms. The van der Waals surface area contributed by atoms with Gasteiger partial charge >= 0.3 is 0 Å². The van der Waals surface area contributed by atoms with Crippen LogP contribution in [0, 0.1) is 5.41 Å². The first kappa shape index (κ1) is 24.1. The maximum atomic E-state index is 12.0. The van der Waals surface area contributed by atoms with Crippen molar-refractivity contribution >= 4 is 47.2 Å². The van der Waals surface area contributed by atoms with E-state index in [4.69, 9.17) is 0 Å². The maximum Gasteiger partial charge on any atom is 0.227 e. The molecule has 6 nitrogen and oxygen atoms in total. The Hall–Kier alpha value is -0.900. The molecule has 1 heterocycles. The number of guanidine groups is 1. The second kappa shape index (κ2) is 12.5. The Labute approximate surface area is 172 Å². The predicted molar refractivity (Wildman–Crippen MR) is 117 cm³/mol. The van der Waals surface area contributed by atoms with Gasteiger partial charge in [0.25, 0.3) is 0 Å². The van der Waals surface area contributed by atoms with Gasteiger partial charge in [-0.15, -0.1) is 35.3 Å². The molecular weight excluding hydrogens is 449 g/mol. The summed E-state index contributed by atoms with van der Waals surface area (Å²) in [7, 11) is 0. The van der Waals surface area contributed by atoms with Gasteiger partial charge in [-0.2, -0.15) is 0 Å². The van der Waals surface area contributed by atoms with E-state index in [2.05, 4.69) is 32.9 Å². The molecule has 1 aromatic heterocycles. The number of carbonyl (C=O) groups excluding carboxylic acids is 1. The minimum absolute atomic E-state index is 0. The minimum atomic E-state index is -0.524. The van der Waals surface area contributed by atoms with E-state index in [9.17, 15) is 4.79 Å². The van der Waals surface area contributed by atoms with Gasteiger partial charge in [0.1, 0.15) is 0 Å². The van der Waals surface area contributed by atoms with Crippen molar-refractivity contribution in [3.63, 3.8) is 0 Å². The van der Waals surface area contributed by atoms with Crippen LogP contribution in [0.4, 0.5) is 0 Å². The summed E-state index contributed by atoms with van der Waals surface area (Å²) in [4.78, 5) is 22.3. The van der Waals surface area contributed by atoms with E-state index in [0.29, 0.717) is 13.1 Å². The Bertz CT molecular complexity index is 545. The summed E-state index contributed by atoms with van der Waals surface area (Å²) < 4.78 is 0. The van der Waals surface area contributed by atoms with Crippen molar-refractivity contribution in [3.05, 3.63) is 16.1 Å². The van der Waals surface area contributed by atoms with E-state index in [1.54, 1.807) is 11.3 Å². The Morgan fingerprint density at radius 1 is 1.20 bits per heavy atom. The quantitative estimate of drug-likeness (QED) is 0.288. The molecule has 0 aliphatic heterocycles. The lowest BCUT2D eigenvalue weighted by atomic mass is 9.92. The van der Waals surface area contributed by atoms with Crippen LogP contribution in [0.2, 0.25) is 0 Å². The van der Waals surface area contributed by atoms with Crippen LogP contribution >= 0.6 is 35.3 Å². The molecule has 0 fully saturated rings. The monoisotopic (exact) mass is 481 g/mol. The minimum Gasteiger partial charge on any atom is -0.357 e. The molecular formula is C17H32IN5OS. The highest BCUT2D eigenvalue weighted by Crippen LogP contribution is 2.15. The largest absolute Gasteiger partial charge is 0.357 e. The number of aliphatic imine (C=N–C) groups is 1. The molecule has 1 aromatic rings. The molecule has 25 heavy (non-hydrogen) atoms. The number of nitrogens with zero attached hydrogens (tertiary/aromatic N) is 2. The van der Waals surface area contributed by atoms with Crippen molar-refractivity contribution in [2.75, 3.05) is 26.2 Å². The summed E-state index contributed by atoms with van der Waals surface area (Å²) in [6.45, 7) is 12.5. The summed E-state index contributed by atoms with van der Waals surface area (Å²) in [6, 6.07) is 0. The van der Waals surface area contributed by atoms with E-state index >= 15 is 0 Å². The van der Waals surface area contributed by atoms with Crippen LogP contribution in [0.3, 0.4) is 0 Å². The van der Waals surface area contributed by atoms with Gasteiger partial charge in [-0.25, -0.2) is 4.98 Å². The van der Waals surface area contributed by atoms with E-state index < -0.39 is 5.41 Å². The van der Waals surface area contributed by atoms with Crippen LogP contribution in [-0.4, -0.2) is 43.0 Å². The third-order valence-electron chi connectivity index (χ3n) is 3.51. The van der Waals surface area contributed by atoms with Gasteiger partial charge in [0.05, 0.1) is 17.0 Å². The summed E-state index contributed by atoms with van der Waals surface area (Å²) in [5.41, 5.74) is -0.524. The molecule has 144 valence electrons. The van der Waals surface area contributed by atoms with Gasteiger partial charge in [0, 0.05) is 37.1 Å². The molecule has 0 aliphatic rings. The number of aryl methyl sites for hydroxylation is 1. The van der Waals surface area contributed by atoms with Crippen LogP contribution < -0.4 is 16.0 Å². The number of hydrogen-bond donors (Lipinski definition) is 3. The number of hydrogen-bond acceptors (Lipinski definition) is 4. The van der Waals surface area contributed by atoms with Gasteiger partial charge in [-0.1, -0.05) is 6.92 Å². The van der Waals surface area contributed by atoms with Crippen molar-refractivity contribution in [1.82, 2.24) is 20.9 Å². The van der Waals surface area contributed by atoms with Crippen LogP contribution in [0.25, 0.3) is 0 Å². The average Bonchev–Trinajstić information content (AvgIpc) is 3.01. The van der Waals surface area contributed by atoms with Crippen LogP contribution in [-0.2, 0) is 17.6 Å². The Balaban J connectivity index is 0.00000576. The topological polar surface area (TPSA) is 78.4 Å². The van der Waals surface area contributed by atoms with Crippen molar-refractivity contribution in [3.8, 4) is 0 Å². The normalized spacial score (nSPS) is 11.6. The van der Waals surface area contributed by atoms with Crippen LogP contribution in [0.5, 0.6) is 0 Å². The molecule has 0 radical (unpaired) electrons. The van der Waals surface area contributed by atoms with Crippen molar-refractivity contribution in [2.24, 2.45) is 10.4 Å². The molecule has 1 rings (SSSR count). The fourth-order valence-electron chi connectivity index (χ4n) is 2.00. The molecule has 0 bridgehead atoms. The van der Waals surface area contributed by atoms with Crippen LogP contribution in [0.15, 0.2) is 11.2 Å². The highest BCUT2D eigenvalue weighted by atomic mass is 127. The molecule has 0 spiro atoms. The second-order valence-corrected chi connectivity index (χ2v) is 7.39. The zero-order chi connectivity index (χ0) is 18.0. The SMILES string of the molecule is CCNC(=O)C(C)(C)CN=C(NCC)NCCc1ncc(CC)s1.I.